The largest absolute Gasteiger partial charge is 0.394 e. The standard InChI is InChI=1S/C15H24O4/c1-3-7-15(19-12-14(10-16)17-2)18-11-13-8-5-4-6-9-13/h4-6,8-9,14-16H,3,7,10-12H2,1-2H3. The van der Waals surface area contributed by atoms with Crippen LogP contribution in [0.3, 0.4) is 0 Å². The van der Waals surface area contributed by atoms with Gasteiger partial charge in [0, 0.05) is 7.11 Å². The quantitative estimate of drug-likeness (QED) is 0.662. The molecule has 0 aliphatic heterocycles. The van der Waals surface area contributed by atoms with Gasteiger partial charge in [0.1, 0.15) is 6.10 Å². The zero-order valence-electron chi connectivity index (χ0n) is 11.7. The second-order valence-corrected chi connectivity index (χ2v) is 4.39. The van der Waals surface area contributed by atoms with E-state index in [9.17, 15) is 0 Å². The Morgan fingerprint density at radius 2 is 1.89 bits per heavy atom. The van der Waals surface area contributed by atoms with E-state index in [4.69, 9.17) is 19.3 Å². The van der Waals surface area contributed by atoms with Crippen molar-refractivity contribution >= 4 is 0 Å². The first kappa shape index (κ1) is 16.1. The van der Waals surface area contributed by atoms with Gasteiger partial charge < -0.3 is 19.3 Å². The van der Waals surface area contributed by atoms with E-state index < -0.39 is 0 Å². The molecule has 1 N–H and O–H groups in total. The van der Waals surface area contributed by atoms with E-state index >= 15 is 0 Å². The van der Waals surface area contributed by atoms with Crippen molar-refractivity contribution in [1.29, 1.82) is 0 Å². The van der Waals surface area contributed by atoms with Gasteiger partial charge in [0.25, 0.3) is 0 Å². The first-order valence-electron chi connectivity index (χ1n) is 6.71. The third kappa shape index (κ3) is 6.68. The Hall–Kier alpha value is -0.940. The number of aliphatic hydroxyl groups is 1. The van der Waals surface area contributed by atoms with Gasteiger partial charge in [-0.05, 0) is 12.0 Å². The summed E-state index contributed by atoms with van der Waals surface area (Å²) in [6.45, 7) is 2.91. The fraction of sp³-hybridized carbons (Fsp3) is 0.600. The van der Waals surface area contributed by atoms with Crippen molar-refractivity contribution in [3.8, 4) is 0 Å². The molecule has 1 aromatic carbocycles. The summed E-state index contributed by atoms with van der Waals surface area (Å²) in [5.74, 6) is 0. The van der Waals surface area contributed by atoms with Crippen molar-refractivity contribution in [3.63, 3.8) is 0 Å². The molecule has 0 aliphatic carbocycles. The second kappa shape index (κ2) is 9.92. The van der Waals surface area contributed by atoms with Crippen molar-refractivity contribution in [1.82, 2.24) is 0 Å². The van der Waals surface area contributed by atoms with Crippen LogP contribution in [0.1, 0.15) is 25.3 Å². The molecule has 108 valence electrons. The van der Waals surface area contributed by atoms with Gasteiger partial charge in [-0.1, -0.05) is 43.7 Å². The number of aliphatic hydroxyl groups excluding tert-OH is 1. The second-order valence-electron chi connectivity index (χ2n) is 4.39. The van der Waals surface area contributed by atoms with E-state index in [2.05, 4.69) is 6.92 Å². The normalized spacial score (nSPS) is 14.3. The molecule has 19 heavy (non-hydrogen) atoms. The van der Waals surface area contributed by atoms with Crippen LogP contribution in [0.25, 0.3) is 0 Å². The predicted octanol–water partition coefficient (Wildman–Crippen LogP) is 2.35. The van der Waals surface area contributed by atoms with Crippen LogP contribution in [0.15, 0.2) is 30.3 Å². The summed E-state index contributed by atoms with van der Waals surface area (Å²) in [6.07, 6.45) is 1.26. The van der Waals surface area contributed by atoms with E-state index in [0.29, 0.717) is 13.2 Å². The summed E-state index contributed by atoms with van der Waals surface area (Å²) in [7, 11) is 1.56. The molecule has 1 aromatic rings. The molecule has 0 radical (unpaired) electrons. The highest BCUT2D eigenvalue weighted by molar-refractivity contribution is 5.13. The van der Waals surface area contributed by atoms with Crippen LogP contribution in [-0.2, 0) is 20.8 Å². The van der Waals surface area contributed by atoms with Gasteiger partial charge in [0.2, 0.25) is 0 Å². The van der Waals surface area contributed by atoms with E-state index in [0.717, 1.165) is 18.4 Å². The number of ether oxygens (including phenoxy) is 3. The first-order chi connectivity index (χ1) is 9.30. The van der Waals surface area contributed by atoms with Crippen LogP contribution in [0.4, 0.5) is 0 Å². The Labute approximate surface area is 115 Å². The lowest BCUT2D eigenvalue weighted by Crippen LogP contribution is -2.27. The molecule has 4 heteroatoms. The summed E-state index contributed by atoms with van der Waals surface area (Å²) in [5.41, 5.74) is 1.12. The Morgan fingerprint density at radius 1 is 1.16 bits per heavy atom. The third-order valence-electron chi connectivity index (χ3n) is 2.81. The molecule has 0 spiro atoms. The molecule has 0 bridgehead atoms. The van der Waals surface area contributed by atoms with Crippen molar-refractivity contribution < 1.29 is 19.3 Å². The maximum absolute atomic E-state index is 9.03. The summed E-state index contributed by atoms with van der Waals surface area (Å²) >= 11 is 0. The SMILES string of the molecule is CCCC(OCc1ccccc1)OCC(CO)OC. The van der Waals surface area contributed by atoms with E-state index in [1.165, 1.54) is 0 Å². The minimum absolute atomic E-state index is 0.0476. The maximum Gasteiger partial charge on any atom is 0.158 e. The minimum Gasteiger partial charge on any atom is -0.394 e. The lowest BCUT2D eigenvalue weighted by molar-refractivity contribution is -0.172. The van der Waals surface area contributed by atoms with Gasteiger partial charge >= 0.3 is 0 Å². The molecular formula is C15H24O4. The van der Waals surface area contributed by atoms with Crippen LogP contribution in [0.2, 0.25) is 0 Å². The minimum atomic E-state index is -0.292. The number of methoxy groups -OCH3 is 1. The molecule has 0 heterocycles. The highest BCUT2D eigenvalue weighted by atomic mass is 16.7. The molecule has 0 aliphatic rings. The van der Waals surface area contributed by atoms with Gasteiger partial charge in [-0.3, -0.25) is 0 Å². The van der Waals surface area contributed by atoms with Crippen molar-refractivity contribution in [3.05, 3.63) is 35.9 Å². The van der Waals surface area contributed by atoms with Crippen molar-refractivity contribution in [2.45, 2.75) is 38.8 Å². The number of rotatable bonds is 10. The Morgan fingerprint density at radius 3 is 2.47 bits per heavy atom. The van der Waals surface area contributed by atoms with Crippen LogP contribution in [-0.4, -0.2) is 37.8 Å². The average molecular weight is 268 g/mol. The van der Waals surface area contributed by atoms with Crippen LogP contribution < -0.4 is 0 Å². The fourth-order valence-corrected chi connectivity index (χ4v) is 1.62. The van der Waals surface area contributed by atoms with Crippen molar-refractivity contribution in [2.75, 3.05) is 20.3 Å². The van der Waals surface area contributed by atoms with Crippen LogP contribution >= 0.6 is 0 Å². The van der Waals surface area contributed by atoms with Gasteiger partial charge in [0.15, 0.2) is 6.29 Å². The van der Waals surface area contributed by atoms with Crippen molar-refractivity contribution in [2.24, 2.45) is 0 Å². The molecule has 1 rings (SSSR count). The third-order valence-corrected chi connectivity index (χ3v) is 2.81. The summed E-state index contributed by atoms with van der Waals surface area (Å²) in [5, 5.41) is 9.03. The number of hydrogen-bond acceptors (Lipinski definition) is 4. The molecule has 0 aromatic heterocycles. The van der Waals surface area contributed by atoms with Gasteiger partial charge in [-0.2, -0.15) is 0 Å². The molecule has 2 atom stereocenters. The van der Waals surface area contributed by atoms with E-state index in [1.54, 1.807) is 7.11 Å². The first-order valence-corrected chi connectivity index (χ1v) is 6.71. The summed E-state index contributed by atoms with van der Waals surface area (Å²) < 4.78 is 16.4. The van der Waals surface area contributed by atoms with E-state index in [1.807, 2.05) is 30.3 Å². The molecule has 0 saturated heterocycles. The number of hydrogen-bond donors (Lipinski definition) is 1. The smallest absolute Gasteiger partial charge is 0.158 e. The maximum atomic E-state index is 9.03. The molecule has 4 nitrogen and oxygen atoms in total. The summed E-state index contributed by atoms with van der Waals surface area (Å²) in [6, 6.07) is 10.00. The topological polar surface area (TPSA) is 47.9 Å². The number of benzene rings is 1. The fourth-order valence-electron chi connectivity index (χ4n) is 1.62. The lowest BCUT2D eigenvalue weighted by Gasteiger charge is -2.20. The summed E-state index contributed by atoms with van der Waals surface area (Å²) in [4.78, 5) is 0. The van der Waals surface area contributed by atoms with Gasteiger partial charge in [-0.25, -0.2) is 0 Å². The highest BCUT2D eigenvalue weighted by Gasteiger charge is 2.13. The van der Waals surface area contributed by atoms with E-state index in [-0.39, 0.29) is 19.0 Å². The van der Waals surface area contributed by atoms with Gasteiger partial charge in [0.05, 0.1) is 19.8 Å². The van der Waals surface area contributed by atoms with Crippen LogP contribution in [0.5, 0.6) is 0 Å². The predicted molar refractivity (Wildman–Crippen MR) is 73.8 cm³/mol. The molecule has 2 unspecified atom stereocenters. The Bertz CT molecular complexity index is 311. The zero-order valence-corrected chi connectivity index (χ0v) is 11.7. The highest BCUT2D eigenvalue weighted by Crippen LogP contribution is 2.10. The molecule has 0 saturated carbocycles. The average Bonchev–Trinajstić information content (AvgIpc) is 2.46. The monoisotopic (exact) mass is 268 g/mol. The van der Waals surface area contributed by atoms with Crippen LogP contribution in [0, 0.1) is 0 Å². The lowest BCUT2D eigenvalue weighted by atomic mass is 10.2. The Kier molecular flexibility index (Phi) is 8.41. The molecular weight excluding hydrogens is 244 g/mol. The zero-order chi connectivity index (χ0) is 13.9. The molecule has 0 amide bonds. The van der Waals surface area contributed by atoms with Gasteiger partial charge in [-0.15, -0.1) is 0 Å². The Balaban J connectivity index is 2.35. The molecule has 0 fully saturated rings.